The lowest BCUT2D eigenvalue weighted by atomic mass is 10.2. The molecule has 0 heterocycles. The standard InChI is InChI=1S/C13H22ClN.C7H14.C2H6/c1-5-10-15(11-9-14)13(6-2)8-7-12(3)4;1-4-5-6-7(2)3;1-2/h6-8H,3,5,9-11H2,1-2,4H3;2,4-6H2,1,3H3;1-2H3/b8-7-,13-6+;;. The Morgan fingerprint density at radius 1 is 1.00 bits per heavy atom. The van der Waals surface area contributed by atoms with Crippen molar-refractivity contribution in [3.05, 3.63) is 48.2 Å². The van der Waals surface area contributed by atoms with Crippen molar-refractivity contribution in [2.45, 2.75) is 74.1 Å². The topological polar surface area (TPSA) is 3.24 Å². The Balaban J connectivity index is -0.000000410. The summed E-state index contributed by atoms with van der Waals surface area (Å²) in [4.78, 5) is 2.30. The molecule has 0 amide bonds. The summed E-state index contributed by atoms with van der Waals surface area (Å²) >= 11 is 5.79. The van der Waals surface area contributed by atoms with Gasteiger partial charge in [0.25, 0.3) is 0 Å². The molecule has 0 unspecified atom stereocenters. The van der Waals surface area contributed by atoms with Crippen molar-refractivity contribution in [1.82, 2.24) is 4.90 Å². The van der Waals surface area contributed by atoms with Crippen LogP contribution in [-0.4, -0.2) is 23.9 Å². The van der Waals surface area contributed by atoms with E-state index in [1.54, 1.807) is 0 Å². The molecule has 0 saturated carbocycles. The molecule has 142 valence electrons. The molecule has 0 aromatic heterocycles. The van der Waals surface area contributed by atoms with Crippen LogP contribution in [0, 0.1) is 0 Å². The van der Waals surface area contributed by atoms with Crippen LogP contribution < -0.4 is 0 Å². The summed E-state index contributed by atoms with van der Waals surface area (Å²) in [5, 5.41) is 0. The summed E-state index contributed by atoms with van der Waals surface area (Å²) in [6.07, 6.45) is 11.2. The first-order valence-corrected chi connectivity index (χ1v) is 9.91. The molecule has 0 aliphatic carbocycles. The first-order valence-electron chi connectivity index (χ1n) is 9.37. The Labute approximate surface area is 158 Å². The van der Waals surface area contributed by atoms with Crippen LogP contribution in [0.4, 0.5) is 0 Å². The van der Waals surface area contributed by atoms with Crippen molar-refractivity contribution in [1.29, 1.82) is 0 Å². The van der Waals surface area contributed by atoms with E-state index in [4.69, 9.17) is 11.6 Å². The zero-order valence-corrected chi connectivity index (χ0v) is 18.2. The summed E-state index contributed by atoms with van der Waals surface area (Å²) in [5.74, 6) is 0.665. The fourth-order valence-corrected chi connectivity index (χ4v) is 2.04. The highest BCUT2D eigenvalue weighted by atomic mass is 35.5. The molecule has 0 N–H and O–H groups in total. The van der Waals surface area contributed by atoms with Crippen LogP contribution in [0.3, 0.4) is 0 Å². The first-order chi connectivity index (χ1) is 11.4. The molecule has 0 aliphatic heterocycles. The Morgan fingerprint density at radius 3 is 1.88 bits per heavy atom. The molecular weight excluding hydrogens is 314 g/mol. The van der Waals surface area contributed by atoms with E-state index in [1.807, 2.05) is 26.8 Å². The molecule has 0 atom stereocenters. The molecule has 0 spiro atoms. The highest BCUT2D eigenvalue weighted by molar-refractivity contribution is 6.18. The van der Waals surface area contributed by atoms with Crippen LogP contribution >= 0.6 is 11.6 Å². The van der Waals surface area contributed by atoms with E-state index in [0.717, 1.165) is 25.1 Å². The monoisotopic (exact) mass is 355 g/mol. The van der Waals surface area contributed by atoms with Gasteiger partial charge in [-0.2, -0.15) is 0 Å². The maximum Gasteiger partial charge on any atom is 0.0399 e. The molecule has 0 aromatic rings. The highest BCUT2D eigenvalue weighted by Gasteiger charge is 2.03. The summed E-state index contributed by atoms with van der Waals surface area (Å²) in [7, 11) is 0. The maximum atomic E-state index is 5.79. The fourth-order valence-electron chi connectivity index (χ4n) is 1.83. The van der Waals surface area contributed by atoms with Crippen molar-refractivity contribution in [3.63, 3.8) is 0 Å². The predicted molar refractivity (Wildman–Crippen MR) is 116 cm³/mol. The maximum absolute atomic E-state index is 5.79. The molecule has 0 radical (unpaired) electrons. The summed E-state index contributed by atoms with van der Waals surface area (Å²) < 4.78 is 0. The van der Waals surface area contributed by atoms with E-state index in [1.165, 1.54) is 30.5 Å². The van der Waals surface area contributed by atoms with Gasteiger partial charge in [0.15, 0.2) is 0 Å². The summed E-state index contributed by atoms with van der Waals surface area (Å²) in [6, 6.07) is 0. The summed E-state index contributed by atoms with van der Waals surface area (Å²) in [5.41, 5.74) is 3.60. The first kappa shape index (κ1) is 27.9. The minimum Gasteiger partial charge on any atom is -0.371 e. The number of nitrogens with zero attached hydrogens (tertiary/aromatic N) is 1. The van der Waals surface area contributed by atoms with E-state index in [0.29, 0.717) is 5.88 Å². The molecule has 0 aromatic carbocycles. The number of halogens is 1. The van der Waals surface area contributed by atoms with Crippen molar-refractivity contribution in [3.8, 4) is 0 Å². The van der Waals surface area contributed by atoms with Crippen molar-refractivity contribution in [2.24, 2.45) is 0 Å². The Kier molecular flexibility index (Phi) is 25.6. The number of rotatable bonds is 10. The van der Waals surface area contributed by atoms with Gasteiger partial charge in [0.05, 0.1) is 0 Å². The molecular formula is C22H42ClN. The van der Waals surface area contributed by atoms with Crippen LogP contribution in [0.2, 0.25) is 0 Å². The number of hydrogen-bond donors (Lipinski definition) is 0. The largest absolute Gasteiger partial charge is 0.371 e. The normalized spacial score (nSPS) is 10.4. The second-order valence-electron chi connectivity index (χ2n) is 5.63. The van der Waals surface area contributed by atoms with Gasteiger partial charge in [-0.25, -0.2) is 0 Å². The van der Waals surface area contributed by atoms with Crippen molar-refractivity contribution in [2.75, 3.05) is 19.0 Å². The number of alkyl halides is 1. The zero-order chi connectivity index (χ0) is 19.4. The van der Waals surface area contributed by atoms with Crippen LogP contribution in [0.1, 0.15) is 74.1 Å². The van der Waals surface area contributed by atoms with Crippen LogP contribution in [0.15, 0.2) is 48.2 Å². The molecule has 0 rings (SSSR count). The lowest BCUT2D eigenvalue weighted by Gasteiger charge is -2.24. The Hall–Kier alpha value is -0.950. The third kappa shape index (κ3) is 21.0. The average Bonchev–Trinajstić information content (AvgIpc) is 2.56. The number of allylic oxidation sites excluding steroid dienone is 5. The lowest BCUT2D eigenvalue weighted by molar-refractivity contribution is 0.375. The van der Waals surface area contributed by atoms with Crippen molar-refractivity contribution < 1.29 is 0 Å². The second kappa shape index (κ2) is 22.1. The van der Waals surface area contributed by atoms with Gasteiger partial charge in [-0.15, -0.1) is 18.2 Å². The second-order valence-corrected chi connectivity index (χ2v) is 6.01. The van der Waals surface area contributed by atoms with E-state index in [-0.39, 0.29) is 0 Å². The van der Waals surface area contributed by atoms with Crippen molar-refractivity contribution >= 4 is 11.6 Å². The number of unbranched alkanes of at least 4 members (excludes halogenated alkanes) is 1. The molecule has 1 nitrogen and oxygen atoms in total. The molecule has 2 heteroatoms. The van der Waals surface area contributed by atoms with E-state index >= 15 is 0 Å². The molecule has 0 aliphatic rings. The zero-order valence-electron chi connectivity index (χ0n) is 17.4. The Morgan fingerprint density at radius 2 is 1.58 bits per heavy atom. The van der Waals surface area contributed by atoms with Crippen LogP contribution in [0.5, 0.6) is 0 Å². The van der Waals surface area contributed by atoms with Gasteiger partial charge in [0.2, 0.25) is 0 Å². The van der Waals surface area contributed by atoms with E-state index < -0.39 is 0 Å². The predicted octanol–water partition coefficient (Wildman–Crippen LogP) is 7.75. The van der Waals surface area contributed by atoms with Crippen LogP contribution in [-0.2, 0) is 0 Å². The van der Waals surface area contributed by atoms with E-state index in [2.05, 4.69) is 57.9 Å². The average molecular weight is 356 g/mol. The minimum atomic E-state index is 0.665. The third-order valence-electron chi connectivity index (χ3n) is 3.00. The molecule has 0 bridgehead atoms. The van der Waals surface area contributed by atoms with Gasteiger partial charge in [-0.05, 0) is 46.1 Å². The van der Waals surface area contributed by atoms with Gasteiger partial charge >= 0.3 is 0 Å². The third-order valence-corrected chi connectivity index (χ3v) is 3.17. The van der Waals surface area contributed by atoms with Crippen LogP contribution in [0.25, 0.3) is 0 Å². The quantitative estimate of drug-likeness (QED) is 0.220. The summed E-state index contributed by atoms with van der Waals surface area (Å²) in [6.45, 7) is 24.1. The van der Waals surface area contributed by atoms with Gasteiger partial charge in [-0.1, -0.05) is 64.0 Å². The highest BCUT2D eigenvalue weighted by Crippen LogP contribution is 2.09. The molecule has 0 fully saturated rings. The van der Waals surface area contributed by atoms with Gasteiger partial charge in [0.1, 0.15) is 0 Å². The fraction of sp³-hybridized carbons (Fsp3) is 0.636. The Bertz CT molecular complexity index is 347. The van der Waals surface area contributed by atoms with Gasteiger partial charge in [0, 0.05) is 24.7 Å². The minimum absolute atomic E-state index is 0.665. The van der Waals surface area contributed by atoms with E-state index in [9.17, 15) is 0 Å². The SMILES string of the molecule is C=C(C)/C=C\C(=C/C)N(CCC)CCCl.C=C(C)CCCC.CC. The molecule has 24 heavy (non-hydrogen) atoms. The lowest BCUT2D eigenvalue weighted by Crippen LogP contribution is -2.25. The molecule has 0 saturated heterocycles. The van der Waals surface area contributed by atoms with Gasteiger partial charge < -0.3 is 4.90 Å². The van der Waals surface area contributed by atoms with Gasteiger partial charge in [-0.3, -0.25) is 0 Å². The smallest absolute Gasteiger partial charge is 0.0399 e. The number of hydrogen-bond acceptors (Lipinski definition) is 1.